The van der Waals surface area contributed by atoms with Gasteiger partial charge in [-0.1, -0.05) is 0 Å². The van der Waals surface area contributed by atoms with Gasteiger partial charge in [-0.3, -0.25) is 0 Å². The fourth-order valence-corrected chi connectivity index (χ4v) is 3.28. The number of aryl methyl sites for hydroxylation is 1. The molecular weight excluding hydrogens is 232 g/mol. The molecule has 17 heavy (non-hydrogen) atoms. The molecule has 0 bridgehead atoms. The van der Waals surface area contributed by atoms with Crippen LogP contribution in [-0.4, -0.2) is 32.1 Å². The topological polar surface area (TPSA) is 42.2 Å². The van der Waals surface area contributed by atoms with Gasteiger partial charge in [0.05, 0.1) is 5.69 Å². The molecule has 1 aliphatic rings. The highest BCUT2D eigenvalue weighted by molar-refractivity contribution is 7.99. The lowest BCUT2D eigenvalue weighted by Crippen LogP contribution is -2.26. The molecule has 90 valence electrons. The fraction of sp³-hybridized carbons (Fsp3) is 0.500. The summed E-state index contributed by atoms with van der Waals surface area (Å²) in [6.07, 6.45) is 6.23. The third kappa shape index (κ3) is 2.24. The summed E-state index contributed by atoms with van der Waals surface area (Å²) >= 11 is 2.02. The van der Waals surface area contributed by atoms with Crippen molar-refractivity contribution >= 4 is 23.1 Å². The van der Waals surface area contributed by atoms with E-state index in [1.54, 1.807) is 6.20 Å². The van der Waals surface area contributed by atoms with E-state index in [0.717, 1.165) is 17.0 Å². The van der Waals surface area contributed by atoms with Gasteiger partial charge in [0.1, 0.15) is 5.52 Å². The summed E-state index contributed by atoms with van der Waals surface area (Å²) in [7, 11) is 0. The minimum atomic E-state index is 0.544. The van der Waals surface area contributed by atoms with Crippen molar-refractivity contribution in [2.45, 2.75) is 25.8 Å². The van der Waals surface area contributed by atoms with Gasteiger partial charge >= 0.3 is 0 Å². The second kappa shape index (κ2) is 4.56. The average molecular weight is 248 g/mol. The Labute approximate surface area is 105 Å². The Kier molecular flexibility index (Phi) is 2.93. The second-order valence-electron chi connectivity index (χ2n) is 4.45. The lowest BCUT2D eigenvalue weighted by atomic mass is 10.2. The maximum atomic E-state index is 4.43. The van der Waals surface area contributed by atoms with E-state index in [4.69, 9.17) is 0 Å². The van der Waals surface area contributed by atoms with Gasteiger partial charge in [-0.05, 0) is 31.6 Å². The first-order valence-electron chi connectivity index (χ1n) is 5.98. The second-order valence-corrected chi connectivity index (χ2v) is 5.60. The zero-order chi connectivity index (χ0) is 11.7. The van der Waals surface area contributed by atoms with Crippen LogP contribution in [0.1, 0.15) is 18.5 Å². The smallest absolute Gasteiger partial charge is 0.152 e. The van der Waals surface area contributed by atoms with E-state index < -0.39 is 0 Å². The molecule has 2 aromatic heterocycles. The zero-order valence-corrected chi connectivity index (χ0v) is 10.7. The molecule has 0 amide bonds. The van der Waals surface area contributed by atoms with Crippen LogP contribution in [0.4, 0.5) is 5.82 Å². The van der Waals surface area contributed by atoms with Crippen LogP contribution in [0.5, 0.6) is 0 Å². The van der Waals surface area contributed by atoms with E-state index in [9.17, 15) is 0 Å². The van der Waals surface area contributed by atoms with Crippen LogP contribution in [-0.2, 0) is 0 Å². The summed E-state index contributed by atoms with van der Waals surface area (Å²) in [6.45, 7) is 2.01. The van der Waals surface area contributed by atoms with Crippen molar-refractivity contribution < 1.29 is 0 Å². The summed E-state index contributed by atoms with van der Waals surface area (Å²) in [4.78, 5) is 4.43. The first kappa shape index (κ1) is 10.9. The molecule has 0 radical (unpaired) electrons. The molecule has 1 unspecified atom stereocenters. The third-order valence-corrected chi connectivity index (χ3v) is 4.23. The Balaban J connectivity index is 1.88. The minimum absolute atomic E-state index is 0.544. The molecule has 1 N–H and O–H groups in total. The zero-order valence-electron chi connectivity index (χ0n) is 9.89. The van der Waals surface area contributed by atoms with Crippen molar-refractivity contribution in [3.8, 4) is 0 Å². The van der Waals surface area contributed by atoms with E-state index >= 15 is 0 Å². The maximum absolute atomic E-state index is 4.43. The number of anilines is 1. The van der Waals surface area contributed by atoms with Gasteiger partial charge in [0.2, 0.25) is 0 Å². The molecule has 1 atom stereocenters. The summed E-state index contributed by atoms with van der Waals surface area (Å²) in [5, 5.41) is 7.94. The molecule has 0 aliphatic carbocycles. The highest BCUT2D eigenvalue weighted by atomic mass is 32.2. The molecule has 3 rings (SSSR count). The molecular formula is C12H16N4S. The van der Waals surface area contributed by atoms with E-state index in [-0.39, 0.29) is 0 Å². The fourth-order valence-electron chi connectivity index (χ4n) is 2.20. The summed E-state index contributed by atoms with van der Waals surface area (Å²) in [5.41, 5.74) is 2.10. The summed E-state index contributed by atoms with van der Waals surface area (Å²) in [6, 6.07) is 2.62. The quantitative estimate of drug-likeness (QED) is 0.886. The lowest BCUT2D eigenvalue weighted by molar-refractivity contribution is 0.682. The van der Waals surface area contributed by atoms with Gasteiger partial charge in [-0.2, -0.15) is 16.9 Å². The molecule has 1 fully saturated rings. The minimum Gasteiger partial charge on any atom is -0.365 e. The van der Waals surface area contributed by atoms with Crippen LogP contribution < -0.4 is 5.32 Å². The van der Waals surface area contributed by atoms with Gasteiger partial charge in [-0.25, -0.2) is 9.50 Å². The Morgan fingerprint density at radius 3 is 3.29 bits per heavy atom. The van der Waals surface area contributed by atoms with Crippen molar-refractivity contribution in [3.63, 3.8) is 0 Å². The number of nitrogens with zero attached hydrogens (tertiary/aromatic N) is 3. The van der Waals surface area contributed by atoms with Crippen molar-refractivity contribution in [1.82, 2.24) is 14.6 Å². The van der Waals surface area contributed by atoms with Gasteiger partial charge in [0, 0.05) is 24.2 Å². The van der Waals surface area contributed by atoms with E-state index in [1.807, 2.05) is 29.4 Å². The summed E-state index contributed by atoms with van der Waals surface area (Å²) in [5.74, 6) is 3.43. The molecule has 4 nitrogen and oxygen atoms in total. The maximum Gasteiger partial charge on any atom is 0.152 e. The van der Waals surface area contributed by atoms with Crippen molar-refractivity contribution in [2.24, 2.45) is 0 Å². The summed E-state index contributed by atoms with van der Waals surface area (Å²) < 4.78 is 1.89. The molecule has 0 saturated carbocycles. The van der Waals surface area contributed by atoms with Gasteiger partial charge in [-0.15, -0.1) is 0 Å². The molecule has 5 heteroatoms. The molecule has 3 heterocycles. The number of hydrogen-bond donors (Lipinski definition) is 1. The molecule has 1 aliphatic heterocycles. The highest BCUT2D eigenvalue weighted by Crippen LogP contribution is 2.22. The van der Waals surface area contributed by atoms with Crippen molar-refractivity contribution in [2.75, 3.05) is 16.8 Å². The van der Waals surface area contributed by atoms with Crippen molar-refractivity contribution in [1.29, 1.82) is 0 Å². The number of rotatable bonds is 2. The van der Waals surface area contributed by atoms with Crippen molar-refractivity contribution in [3.05, 3.63) is 24.2 Å². The lowest BCUT2D eigenvalue weighted by Gasteiger charge is -2.23. The Morgan fingerprint density at radius 2 is 2.47 bits per heavy atom. The SMILES string of the molecule is Cc1cc2c(NC3CCCSC3)nccn2n1. The molecule has 0 aromatic carbocycles. The Hall–Kier alpha value is -1.23. The molecule has 0 spiro atoms. The predicted molar refractivity (Wildman–Crippen MR) is 71.7 cm³/mol. The van der Waals surface area contributed by atoms with E-state index in [0.29, 0.717) is 6.04 Å². The monoisotopic (exact) mass is 248 g/mol. The van der Waals surface area contributed by atoms with Gasteiger partial charge in [0.25, 0.3) is 0 Å². The first-order valence-corrected chi connectivity index (χ1v) is 7.14. The first-order chi connectivity index (χ1) is 8.33. The third-order valence-electron chi connectivity index (χ3n) is 3.01. The number of hydrogen-bond acceptors (Lipinski definition) is 4. The number of aromatic nitrogens is 3. The van der Waals surface area contributed by atoms with Crippen LogP contribution in [0, 0.1) is 6.92 Å². The number of nitrogens with one attached hydrogen (secondary N) is 1. The Morgan fingerprint density at radius 1 is 1.53 bits per heavy atom. The standard InChI is InChI=1S/C12H16N4S/c1-9-7-11-12(13-4-5-16(11)15-9)14-10-3-2-6-17-8-10/h4-5,7,10H,2-3,6,8H2,1H3,(H,13,14). The van der Waals surface area contributed by atoms with Crippen LogP contribution in [0.25, 0.3) is 5.52 Å². The normalized spacial score (nSPS) is 20.6. The van der Waals surface area contributed by atoms with Crippen LogP contribution in [0.2, 0.25) is 0 Å². The highest BCUT2D eigenvalue weighted by Gasteiger charge is 2.15. The van der Waals surface area contributed by atoms with E-state index in [1.165, 1.54) is 24.3 Å². The molecule has 1 saturated heterocycles. The largest absolute Gasteiger partial charge is 0.365 e. The van der Waals surface area contributed by atoms with Crippen LogP contribution in [0.15, 0.2) is 18.5 Å². The van der Waals surface area contributed by atoms with Gasteiger partial charge in [0.15, 0.2) is 5.82 Å². The van der Waals surface area contributed by atoms with Crippen LogP contribution in [0.3, 0.4) is 0 Å². The molecule has 2 aromatic rings. The predicted octanol–water partition coefficient (Wildman–Crippen LogP) is 2.35. The van der Waals surface area contributed by atoms with Crippen LogP contribution >= 0.6 is 11.8 Å². The number of thioether (sulfide) groups is 1. The average Bonchev–Trinajstić information content (AvgIpc) is 2.72. The number of fused-ring (bicyclic) bond motifs is 1. The van der Waals surface area contributed by atoms with E-state index in [2.05, 4.69) is 21.5 Å². The van der Waals surface area contributed by atoms with Gasteiger partial charge < -0.3 is 5.32 Å². The Bertz CT molecular complexity index is 516.